The molecule has 4 heterocycles. The van der Waals surface area contributed by atoms with E-state index in [0.717, 1.165) is 45.3 Å². The van der Waals surface area contributed by atoms with E-state index < -0.39 is 11.7 Å². The first-order valence-electron chi connectivity index (χ1n) is 13.3. The van der Waals surface area contributed by atoms with E-state index in [0.29, 0.717) is 36.1 Å². The quantitative estimate of drug-likeness (QED) is 0.329. The number of nitrogens with zero attached hydrogens (tertiary/aromatic N) is 3. The van der Waals surface area contributed by atoms with Crippen molar-refractivity contribution in [2.45, 2.75) is 25.1 Å². The van der Waals surface area contributed by atoms with Gasteiger partial charge in [-0.25, -0.2) is 4.98 Å². The van der Waals surface area contributed by atoms with E-state index in [1.54, 1.807) is 18.2 Å². The van der Waals surface area contributed by atoms with Gasteiger partial charge in [0, 0.05) is 62.3 Å². The molecule has 0 radical (unpaired) electrons. The van der Waals surface area contributed by atoms with Crippen LogP contribution in [0.25, 0.3) is 11.0 Å². The van der Waals surface area contributed by atoms with Gasteiger partial charge in [0.2, 0.25) is 0 Å². The number of morpholine rings is 1. The third-order valence-electron chi connectivity index (χ3n) is 7.40. The molecular formula is C27H33F3N6O4. The van der Waals surface area contributed by atoms with Crippen LogP contribution in [-0.4, -0.2) is 96.5 Å². The number of H-pyrrole nitrogens is 1. The van der Waals surface area contributed by atoms with Crippen LogP contribution >= 0.6 is 0 Å². The fourth-order valence-electron chi connectivity index (χ4n) is 5.38. The summed E-state index contributed by atoms with van der Waals surface area (Å²) >= 11 is 0. The lowest BCUT2D eigenvalue weighted by Gasteiger charge is -2.40. The smallest absolute Gasteiger partial charge is 0.418 e. The van der Waals surface area contributed by atoms with E-state index in [-0.39, 0.29) is 41.6 Å². The Hall–Kier alpha value is -3.55. The number of nitrogens with one attached hydrogen (secondary N) is 3. The van der Waals surface area contributed by atoms with E-state index in [1.165, 1.54) is 13.2 Å². The zero-order chi connectivity index (χ0) is 28.3. The van der Waals surface area contributed by atoms with Crippen LogP contribution < -0.4 is 15.4 Å². The number of amides is 1. The molecule has 216 valence electrons. The predicted molar refractivity (Wildman–Crippen MR) is 144 cm³/mol. The van der Waals surface area contributed by atoms with Crippen LogP contribution in [0.5, 0.6) is 5.75 Å². The van der Waals surface area contributed by atoms with Gasteiger partial charge in [0.1, 0.15) is 17.2 Å². The maximum absolute atomic E-state index is 13.5. The average Bonchev–Trinajstić information content (AvgIpc) is 3.41. The normalized spacial score (nSPS) is 17.3. The number of benzene rings is 1. The summed E-state index contributed by atoms with van der Waals surface area (Å²) in [4.78, 5) is 24.5. The molecule has 4 N–H and O–H groups in total. The molecule has 10 nitrogen and oxygen atoms in total. The number of likely N-dealkylation sites (tertiary alicyclic amines) is 1. The minimum absolute atomic E-state index is 0.0315. The molecule has 2 aliphatic rings. The monoisotopic (exact) mass is 562 g/mol. The first kappa shape index (κ1) is 28.0. The van der Waals surface area contributed by atoms with Crippen LogP contribution in [0.1, 0.15) is 28.8 Å². The number of ether oxygens (including phenoxy) is 2. The van der Waals surface area contributed by atoms with Crippen LogP contribution in [-0.2, 0) is 10.9 Å². The summed E-state index contributed by atoms with van der Waals surface area (Å²) in [7, 11) is 1.48. The topological polar surface area (TPSA) is 115 Å². The number of aromatic amines is 1. The summed E-state index contributed by atoms with van der Waals surface area (Å²) in [5.41, 5.74) is 0.328. The Bertz CT molecular complexity index is 1330. The molecule has 0 atom stereocenters. The fraction of sp³-hybridized carbons (Fsp3) is 0.481. The number of anilines is 3. The standard InChI is InChI=1S/C27H33F3N6O4/c1-39-22-14-17(26(38)36-7-4-18(5-8-36)35-9-12-40-13-10-35)2-3-20(22)33-23-15-21(31-6-11-37)24-19(27(28,29)30)16-32-25(24)34-23/h2-3,14-16,18,37H,4-13H2,1H3,(H3,31,32,33,34). The number of rotatable bonds is 8. The van der Waals surface area contributed by atoms with Gasteiger partial charge in [-0.15, -0.1) is 0 Å². The first-order chi connectivity index (χ1) is 19.3. The molecule has 0 bridgehead atoms. The van der Waals surface area contributed by atoms with Gasteiger partial charge in [-0.05, 0) is 31.0 Å². The fourth-order valence-corrected chi connectivity index (χ4v) is 5.38. The van der Waals surface area contributed by atoms with Crippen LogP contribution in [0, 0.1) is 0 Å². The molecule has 0 spiro atoms. The van der Waals surface area contributed by atoms with Crippen LogP contribution in [0.15, 0.2) is 30.5 Å². The van der Waals surface area contributed by atoms with E-state index in [9.17, 15) is 23.1 Å². The molecule has 0 unspecified atom stereocenters. The minimum Gasteiger partial charge on any atom is -0.495 e. The molecule has 40 heavy (non-hydrogen) atoms. The lowest BCUT2D eigenvalue weighted by Crippen LogP contribution is -2.50. The molecule has 2 aromatic heterocycles. The van der Waals surface area contributed by atoms with Crippen LogP contribution in [0.4, 0.5) is 30.4 Å². The molecule has 1 amide bonds. The second kappa shape index (κ2) is 11.9. The number of pyridine rings is 1. The van der Waals surface area contributed by atoms with Gasteiger partial charge >= 0.3 is 6.18 Å². The second-order valence-electron chi connectivity index (χ2n) is 9.84. The summed E-state index contributed by atoms with van der Waals surface area (Å²) in [6, 6.07) is 6.94. The SMILES string of the molecule is COc1cc(C(=O)N2CCC(N3CCOCC3)CC2)ccc1Nc1cc(NCCO)c2c(C(F)(F)F)c[nH]c2n1. The highest BCUT2D eigenvalue weighted by Gasteiger charge is 2.35. The number of aliphatic hydroxyl groups excluding tert-OH is 1. The Morgan fingerprint density at radius 2 is 1.93 bits per heavy atom. The summed E-state index contributed by atoms with van der Waals surface area (Å²) < 4.78 is 51.6. The van der Waals surface area contributed by atoms with Gasteiger partial charge < -0.3 is 35.1 Å². The summed E-state index contributed by atoms with van der Waals surface area (Å²) in [6.45, 7) is 4.51. The number of alkyl halides is 3. The Labute approximate surface area is 229 Å². The maximum atomic E-state index is 13.5. The van der Waals surface area contributed by atoms with E-state index >= 15 is 0 Å². The van der Waals surface area contributed by atoms with Crippen molar-refractivity contribution in [2.75, 3.05) is 70.3 Å². The Morgan fingerprint density at radius 1 is 1.18 bits per heavy atom. The lowest BCUT2D eigenvalue weighted by atomic mass is 10.0. The number of hydrogen-bond donors (Lipinski definition) is 4. The van der Waals surface area contributed by atoms with E-state index in [1.807, 2.05) is 4.90 Å². The predicted octanol–water partition coefficient (Wildman–Crippen LogP) is 3.67. The van der Waals surface area contributed by atoms with Gasteiger partial charge in [0.15, 0.2) is 0 Å². The number of aliphatic hydroxyl groups is 1. The molecular weight excluding hydrogens is 529 g/mol. The number of piperidine rings is 1. The number of carbonyl (C=O) groups is 1. The zero-order valence-electron chi connectivity index (χ0n) is 22.2. The maximum Gasteiger partial charge on any atom is 0.418 e. The number of hydrogen-bond acceptors (Lipinski definition) is 8. The zero-order valence-corrected chi connectivity index (χ0v) is 22.2. The van der Waals surface area contributed by atoms with Gasteiger partial charge in [-0.1, -0.05) is 0 Å². The number of methoxy groups -OCH3 is 1. The summed E-state index contributed by atoms with van der Waals surface area (Å²) in [5.74, 6) is 0.570. The van der Waals surface area contributed by atoms with Crippen molar-refractivity contribution in [3.05, 3.63) is 41.6 Å². The molecule has 13 heteroatoms. The highest BCUT2D eigenvalue weighted by atomic mass is 19.4. The van der Waals surface area contributed by atoms with Gasteiger partial charge in [0.25, 0.3) is 5.91 Å². The van der Waals surface area contributed by atoms with Gasteiger partial charge in [-0.3, -0.25) is 9.69 Å². The number of carbonyl (C=O) groups excluding carboxylic acids is 1. The van der Waals surface area contributed by atoms with Crippen molar-refractivity contribution in [1.29, 1.82) is 0 Å². The Morgan fingerprint density at radius 3 is 2.60 bits per heavy atom. The van der Waals surface area contributed by atoms with Crippen molar-refractivity contribution < 1.29 is 32.5 Å². The van der Waals surface area contributed by atoms with Gasteiger partial charge in [-0.2, -0.15) is 13.2 Å². The third kappa shape index (κ3) is 5.96. The molecule has 5 rings (SSSR count). The number of fused-ring (bicyclic) bond motifs is 1. The van der Waals surface area contributed by atoms with Crippen molar-refractivity contribution in [1.82, 2.24) is 19.8 Å². The summed E-state index contributed by atoms with van der Waals surface area (Å²) in [5, 5.41) is 15.0. The second-order valence-corrected chi connectivity index (χ2v) is 9.84. The van der Waals surface area contributed by atoms with Crippen LogP contribution in [0.3, 0.4) is 0 Å². The van der Waals surface area contributed by atoms with E-state index in [4.69, 9.17) is 9.47 Å². The molecule has 1 aromatic carbocycles. The Balaban J connectivity index is 1.32. The van der Waals surface area contributed by atoms with Crippen LogP contribution in [0.2, 0.25) is 0 Å². The molecule has 0 saturated carbocycles. The van der Waals surface area contributed by atoms with Crippen molar-refractivity contribution in [2.24, 2.45) is 0 Å². The number of aromatic nitrogens is 2. The summed E-state index contributed by atoms with van der Waals surface area (Å²) in [6.07, 6.45) is -1.87. The van der Waals surface area contributed by atoms with Crippen molar-refractivity contribution >= 4 is 34.1 Å². The number of halogens is 3. The van der Waals surface area contributed by atoms with Crippen molar-refractivity contribution in [3.8, 4) is 5.75 Å². The molecule has 0 aliphatic carbocycles. The minimum atomic E-state index is -4.58. The Kier molecular flexibility index (Phi) is 8.33. The molecule has 2 aliphatic heterocycles. The molecule has 2 fully saturated rings. The molecule has 3 aromatic rings. The first-order valence-corrected chi connectivity index (χ1v) is 13.3. The third-order valence-corrected chi connectivity index (χ3v) is 7.40. The van der Waals surface area contributed by atoms with Gasteiger partial charge in [0.05, 0.1) is 43.6 Å². The van der Waals surface area contributed by atoms with E-state index in [2.05, 4.69) is 25.5 Å². The largest absolute Gasteiger partial charge is 0.495 e. The average molecular weight is 563 g/mol. The highest BCUT2D eigenvalue weighted by Crippen LogP contribution is 2.39. The highest BCUT2D eigenvalue weighted by molar-refractivity contribution is 5.97. The van der Waals surface area contributed by atoms with Crippen molar-refractivity contribution in [3.63, 3.8) is 0 Å². The molecule has 2 saturated heterocycles. The lowest BCUT2D eigenvalue weighted by molar-refractivity contribution is -0.136.